The summed E-state index contributed by atoms with van der Waals surface area (Å²) < 4.78 is 0. The number of aromatic hydroxyl groups is 1. The highest BCUT2D eigenvalue weighted by Gasteiger charge is 2.31. The first-order valence-electron chi connectivity index (χ1n) is 13.6. The van der Waals surface area contributed by atoms with Gasteiger partial charge in [-0.2, -0.15) is 0 Å². The fourth-order valence-electron chi connectivity index (χ4n) is 4.32. The van der Waals surface area contributed by atoms with Crippen molar-refractivity contribution in [3.05, 3.63) is 102 Å². The molecule has 4 unspecified atom stereocenters. The maximum Gasteiger partial charge on any atom is 0.326 e. The fraction of sp³-hybridized carbons (Fsp3) is 0.258. The topological polar surface area (TPSA) is 214 Å². The second kappa shape index (κ2) is 15.7. The summed E-state index contributed by atoms with van der Waals surface area (Å²) in [7, 11) is 0. The third-order valence-electron chi connectivity index (χ3n) is 6.58. The second-order valence-corrected chi connectivity index (χ2v) is 10.0. The Morgan fingerprint density at radius 3 is 1.58 bits per heavy atom. The molecular weight excluding hydrogens is 554 g/mol. The van der Waals surface area contributed by atoms with Gasteiger partial charge in [-0.05, 0) is 35.2 Å². The van der Waals surface area contributed by atoms with Crippen molar-refractivity contribution in [2.24, 2.45) is 11.5 Å². The Morgan fingerprint density at radius 2 is 1.05 bits per heavy atom. The summed E-state index contributed by atoms with van der Waals surface area (Å²) in [6.07, 6.45) is -0.496. The summed E-state index contributed by atoms with van der Waals surface area (Å²) in [4.78, 5) is 63.4. The normalized spacial score (nSPS) is 13.5. The number of carbonyl (C=O) groups excluding carboxylic acids is 4. The number of amides is 4. The van der Waals surface area contributed by atoms with Gasteiger partial charge in [-0.3, -0.25) is 19.2 Å². The molecule has 0 aliphatic carbocycles. The smallest absolute Gasteiger partial charge is 0.326 e. The van der Waals surface area contributed by atoms with E-state index in [4.69, 9.17) is 11.5 Å². The molecule has 0 aliphatic heterocycles. The zero-order valence-corrected chi connectivity index (χ0v) is 23.3. The number of phenolic OH excluding ortho intramolecular Hbond substituents is 1. The van der Waals surface area contributed by atoms with Crippen LogP contribution >= 0.6 is 0 Å². The Hall–Kier alpha value is -5.23. The van der Waals surface area contributed by atoms with Crippen LogP contribution in [0.2, 0.25) is 0 Å². The van der Waals surface area contributed by atoms with Crippen LogP contribution in [0.3, 0.4) is 0 Å². The average Bonchev–Trinajstić information content (AvgIpc) is 2.97. The van der Waals surface area contributed by atoms with E-state index in [1.807, 2.05) is 6.07 Å². The van der Waals surface area contributed by atoms with E-state index < -0.39 is 60.2 Å². The van der Waals surface area contributed by atoms with Crippen LogP contribution < -0.4 is 27.4 Å². The van der Waals surface area contributed by atoms with E-state index in [0.29, 0.717) is 11.1 Å². The van der Waals surface area contributed by atoms with Crippen LogP contribution in [0.25, 0.3) is 0 Å². The Bertz CT molecular complexity index is 1400. The molecular formula is C31H35N5O7. The number of hydrogen-bond acceptors (Lipinski definition) is 7. The first-order valence-corrected chi connectivity index (χ1v) is 13.6. The molecule has 4 atom stereocenters. The minimum atomic E-state index is -1.44. The van der Waals surface area contributed by atoms with Crippen molar-refractivity contribution in [3.8, 4) is 5.75 Å². The minimum Gasteiger partial charge on any atom is -0.508 e. The molecule has 3 aromatic rings. The molecule has 43 heavy (non-hydrogen) atoms. The second-order valence-electron chi connectivity index (χ2n) is 10.0. The summed E-state index contributed by atoms with van der Waals surface area (Å²) in [6.45, 7) is 0. The van der Waals surface area contributed by atoms with Crippen molar-refractivity contribution in [1.29, 1.82) is 0 Å². The van der Waals surface area contributed by atoms with Gasteiger partial charge in [0, 0.05) is 12.8 Å². The zero-order valence-electron chi connectivity index (χ0n) is 23.3. The van der Waals surface area contributed by atoms with Crippen LogP contribution in [0.1, 0.15) is 23.1 Å². The number of nitrogens with two attached hydrogens (primary N) is 2. The van der Waals surface area contributed by atoms with Gasteiger partial charge >= 0.3 is 5.97 Å². The Balaban J connectivity index is 1.77. The Kier molecular flexibility index (Phi) is 11.8. The third kappa shape index (κ3) is 10.6. The highest BCUT2D eigenvalue weighted by atomic mass is 16.4. The van der Waals surface area contributed by atoms with Crippen LogP contribution in [-0.4, -0.2) is 64.0 Å². The standard InChI is InChI=1S/C31H35N5O7/c32-23(15-19-7-3-1-4-8-19)28(39)34-25(18-27(33)38)30(41)35-24(16-20-9-5-2-6-10-20)29(40)36-26(31(42)43)17-21-11-13-22(37)14-12-21/h1-14,23-26,37H,15-18,32H2,(H2,33,38)(H,34,39)(H,35,41)(H,36,40)(H,42,43). The molecule has 0 bridgehead atoms. The largest absolute Gasteiger partial charge is 0.508 e. The van der Waals surface area contributed by atoms with E-state index >= 15 is 0 Å². The van der Waals surface area contributed by atoms with Gasteiger partial charge < -0.3 is 37.6 Å². The molecule has 3 rings (SSSR count). The number of nitrogens with one attached hydrogen (secondary N) is 3. The summed E-state index contributed by atoms with van der Waals surface area (Å²) in [5, 5.41) is 26.7. The molecule has 0 fully saturated rings. The van der Waals surface area contributed by atoms with Gasteiger partial charge in [-0.15, -0.1) is 0 Å². The number of rotatable bonds is 15. The number of carbonyl (C=O) groups is 5. The van der Waals surface area contributed by atoms with Crippen LogP contribution in [0.15, 0.2) is 84.9 Å². The molecule has 0 aliphatic rings. The number of carboxylic acid groups (broad SMARTS) is 1. The molecule has 0 saturated heterocycles. The Morgan fingerprint density at radius 1 is 0.605 bits per heavy atom. The number of benzene rings is 3. The van der Waals surface area contributed by atoms with Crippen molar-refractivity contribution < 1.29 is 34.2 Å². The molecule has 0 saturated carbocycles. The molecule has 226 valence electrons. The van der Waals surface area contributed by atoms with Crippen molar-refractivity contribution >= 4 is 29.6 Å². The van der Waals surface area contributed by atoms with Gasteiger partial charge in [0.25, 0.3) is 0 Å². The predicted octanol–water partition coefficient (Wildman–Crippen LogP) is 0.162. The number of hydrogen-bond donors (Lipinski definition) is 7. The molecule has 12 nitrogen and oxygen atoms in total. The van der Waals surface area contributed by atoms with E-state index in [1.165, 1.54) is 24.3 Å². The number of aliphatic carboxylic acids is 1. The summed E-state index contributed by atoms with van der Waals surface area (Å²) in [6, 6.07) is 18.4. The molecule has 12 heteroatoms. The Labute approximate surface area is 248 Å². The lowest BCUT2D eigenvalue weighted by Crippen LogP contribution is -2.58. The van der Waals surface area contributed by atoms with E-state index in [2.05, 4.69) is 16.0 Å². The highest BCUT2D eigenvalue weighted by molar-refractivity contribution is 5.96. The maximum atomic E-state index is 13.4. The van der Waals surface area contributed by atoms with Gasteiger partial charge in [0.1, 0.15) is 23.9 Å². The first-order chi connectivity index (χ1) is 20.5. The quantitative estimate of drug-likeness (QED) is 0.129. The SMILES string of the molecule is NC(=O)CC(NC(=O)C(N)Cc1ccccc1)C(=O)NC(Cc1ccccc1)C(=O)NC(Cc1ccc(O)cc1)C(=O)O. The van der Waals surface area contributed by atoms with Crippen LogP contribution in [0, 0.1) is 0 Å². The summed E-state index contributed by atoms with van der Waals surface area (Å²) in [5.74, 6) is -4.55. The average molecular weight is 590 g/mol. The monoisotopic (exact) mass is 589 g/mol. The lowest BCUT2D eigenvalue weighted by molar-refractivity contribution is -0.142. The van der Waals surface area contributed by atoms with Crippen molar-refractivity contribution in [2.45, 2.75) is 49.9 Å². The molecule has 0 aromatic heterocycles. The maximum absolute atomic E-state index is 13.4. The predicted molar refractivity (Wildman–Crippen MR) is 157 cm³/mol. The van der Waals surface area contributed by atoms with Gasteiger partial charge in [-0.1, -0.05) is 72.8 Å². The van der Waals surface area contributed by atoms with Crippen molar-refractivity contribution in [1.82, 2.24) is 16.0 Å². The van der Waals surface area contributed by atoms with E-state index in [9.17, 15) is 34.2 Å². The highest BCUT2D eigenvalue weighted by Crippen LogP contribution is 2.12. The fourth-order valence-corrected chi connectivity index (χ4v) is 4.32. The summed E-state index contributed by atoms with van der Waals surface area (Å²) >= 11 is 0. The number of carboxylic acids is 1. The number of primary amides is 1. The number of phenols is 1. The van der Waals surface area contributed by atoms with Crippen LogP contribution in [0.5, 0.6) is 5.75 Å². The van der Waals surface area contributed by atoms with Crippen LogP contribution in [-0.2, 0) is 43.2 Å². The lowest BCUT2D eigenvalue weighted by atomic mass is 10.0. The molecule has 0 heterocycles. The van der Waals surface area contributed by atoms with Crippen molar-refractivity contribution in [2.75, 3.05) is 0 Å². The van der Waals surface area contributed by atoms with Crippen LogP contribution in [0.4, 0.5) is 0 Å². The van der Waals surface area contributed by atoms with E-state index in [1.54, 1.807) is 54.6 Å². The molecule has 0 radical (unpaired) electrons. The van der Waals surface area contributed by atoms with Gasteiger partial charge in [0.05, 0.1) is 12.5 Å². The molecule has 4 amide bonds. The lowest BCUT2D eigenvalue weighted by Gasteiger charge is -2.25. The molecule has 3 aromatic carbocycles. The molecule has 0 spiro atoms. The molecule has 9 N–H and O–H groups in total. The van der Waals surface area contributed by atoms with Gasteiger partial charge in [0.15, 0.2) is 0 Å². The van der Waals surface area contributed by atoms with E-state index in [-0.39, 0.29) is 25.0 Å². The van der Waals surface area contributed by atoms with Gasteiger partial charge in [-0.25, -0.2) is 4.79 Å². The first kappa shape index (κ1) is 32.3. The zero-order chi connectivity index (χ0) is 31.4. The van der Waals surface area contributed by atoms with Crippen molar-refractivity contribution in [3.63, 3.8) is 0 Å². The third-order valence-corrected chi connectivity index (χ3v) is 6.58. The summed E-state index contributed by atoms with van der Waals surface area (Å²) in [5.41, 5.74) is 13.4. The minimum absolute atomic E-state index is 0.00364. The van der Waals surface area contributed by atoms with Gasteiger partial charge in [0.2, 0.25) is 23.6 Å². The van der Waals surface area contributed by atoms with E-state index in [0.717, 1.165) is 5.56 Å².